The van der Waals surface area contributed by atoms with Crippen molar-refractivity contribution >= 4 is 91.1 Å². The van der Waals surface area contributed by atoms with Gasteiger partial charge in [0, 0.05) is 47.0 Å². The number of anilines is 3. The van der Waals surface area contributed by atoms with Crippen molar-refractivity contribution in [1.82, 2.24) is 4.98 Å². The molecule has 0 radical (unpaired) electrons. The number of hydrogen-bond donors (Lipinski definition) is 0. The van der Waals surface area contributed by atoms with Gasteiger partial charge in [0.25, 0.3) is 0 Å². The molecule has 202 valence electrons. The quantitative estimate of drug-likeness (QED) is 0.205. The van der Waals surface area contributed by atoms with Crippen LogP contribution in [0.25, 0.3) is 62.4 Å². The third-order valence-corrected chi connectivity index (χ3v) is 10.5. The van der Waals surface area contributed by atoms with Crippen LogP contribution in [0, 0.1) is 0 Å². The molecule has 0 N–H and O–H groups in total. The summed E-state index contributed by atoms with van der Waals surface area (Å²) in [5, 5.41) is 7.61. The lowest BCUT2D eigenvalue weighted by Crippen LogP contribution is -2.11. The number of thiophene rings is 2. The average molecular weight is 585 g/mol. The summed E-state index contributed by atoms with van der Waals surface area (Å²) in [4.78, 5) is 8.68. The molecule has 6 aromatic carbocycles. The van der Waals surface area contributed by atoms with Crippen LogP contribution in [-0.2, 0) is 0 Å². The average Bonchev–Trinajstić information content (AvgIpc) is 3.64. The molecule has 0 unspecified atom stereocenters. The van der Waals surface area contributed by atoms with Crippen LogP contribution >= 0.6 is 22.7 Å². The molecule has 0 saturated carbocycles. The van der Waals surface area contributed by atoms with Crippen molar-refractivity contribution in [2.75, 3.05) is 4.90 Å². The van der Waals surface area contributed by atoms with Crippen LogP contribution in [-0.4, -0.2) is 4.98 Å². The minimum atomic E-state index is 0.912. The number of benzene rings is 6. The number of pyridine rings is 1. The first-order valence-electron chi connectivity index (χ1n) is 14.4. The zero-order valence-corrected chi connectivity index (χ0v) is 24.7. The molecule has 0 aliphatic carbocycles. The van der Waals surface area contributed by atoms with Gasteiger partial charge in [0.2, 0.25) is 0 Å². The molecule has 0 aliphatic rings. The smallest absolute Gasteiger partial charge is 0.139 e. The molecular formula is C39H24N2S2. The summed E-state index contributed by atoms with van der Waals surface area (Å²) in [5.41, 5.74) is 4.59. The summed E-state index contributed by atoms with van der Waals surface area (Å²) in [6, 6.07) is 52.4. The van der Waals surface area contributed by atoms with Crippen LogP contribution in [0.2, 0.25) is 0 Å². The Kier molecular flexibility index (Phi) is 5.58. The first-order chi connectivity index (χ1) is 21.3. The molecule has 9 aromatic rings. The SMILES string of the molecule is c1ccc(-c2ccc(N(c3ccc4sc5ccccc5c4c3)c3ccc4c(n3)sc3ccc5ccccc5c34)cc2)cc1. The van der Waals surface area contributed by atoms with Crippen molar-refractivity contribution in [3.8, 4) is 11.1 Å². The Labute approximate surface area is 256 Å². The van der Waals surface area contributed by atoms with Gasteiger partial charge in [0.05, 0.1) is 0 Å². The van der Waals surface area contributed by atoms with Crippen LogP contribution in [0.5, 0.6) is 0 Å². The summed E-state index contributed by atoms with van der Waals surface area (Å²) in [6.07, 6.45) is 0. The molecule has 3 heterocycles. The molecule has 0 atom stereocenters. The normalized spacial score (nSPS) is 11.7. The molecule has 0 spiro atoms. The zero-order chi connectivity index (χ0) is 28.3. The molecule has 4 heteroatoms. The van der Waals surface area contributed by atoms with Gasteiger partial charge >= 0.3 is 0 Å². The number of rotatable bonds is 4. The second-order valence-electron chi connectivity index (χ2n) is 10.8. The third-order valence-electron chi connectivity index (χ3n) is 8.29. The van der Waals surface area contributed by atoms with E-state index < -0.39 is 0 Å². The van der Waals surface area contributed by atoms with Crippen LogP contribution in [0.3, 0.4) is 0 Å². The van der Waals surface area contributed by atoms with E-state index in [2.05, 4.69) is 150 Å². The Balaban J connectivity index is 1.24. The minimum absolute atomic E-state index is 0.912. The zero-order valence-electron chi connectivity index (χ0n) is 23.1. The maximum absolute atomic E-state index is 5.33. The van der Waals surface area contributed by atoms with Gasteiger partial charge in [0.15, 0.2) is 0 Å². The predicted molar refractivity (Wildman–Crippen MR) is 188 cm³/mol. The lowest BCUT2D eigenvalue weighted by atomic mass is 10.0. The van der Waals surface area contributed by atoms with Crippen LogP contribution in [0.15, 0.2) is 146 Å². The van der Waals surface area contributed by atoms with Gasteiger partial charge in [-0.15, -0.1) is 22.7 Å². The van der Waals surface area contributed by atoms with Gasteiger partial charge in [-0.2, -0.15) is 0 Å². The predicted octanol–water partition coefficient (Wildman–Crippen LogP) is 12.1. The molecule has 0 bridgehead atoms. The number of fused-ring (bicyclic) bond motifs is 8. The first kappa shape index (κ1) is 24.6. The standard InChI is InChI=1S/C39H24N2S2/c1-2-8-25(9-3-1)26-14-17-28(18-15-26)41(29-19-22-35-33(24-29)31-12-6-7-13-34(31)42-35)37-23-20-32-38-30-11-5-4-10-27(30)16-21-36(38)43-39(32)40-37/h1-24H. The number of hydrogen-bond acceptors (Lipinski definition) is 4. The lowest BCUT2D eigenvalue weighted by molar-refractivity contribution is 1.22. The molecule has 0 saturated heterocycles. The van der Waals surface area contributed by atoms with Crippen molar-refractivity contribution in [2.24, 2.45) is 0 Å². The fourth-order valence-corrected chi connectivity index (χ4v) is 8.41. The maximum atomic E-state index is 5.33. The van der Waals surface area contributed by atoms with Gasteiger partial charge < -0.3 is 0 Å². The largest absolute Gasteiger partial charge is 0.295 e. The van der Waals surface area contributed by atoms with Gasteiger partial charge in [0.1, 0.15) is 10.6 Å². The summed E-state index contributed by atoms with van der Waals surface area (Å²) in [6.45, 7) is 0. The van der Waals surface area contributed by atoms with E-state index in [9.17, 15) is 0 Å². The molecule has 43 heavy (non-hydrogen) atoms. The molecule has 3 aromatic heterocycles. The summed E-state index contributed by atoms with van der Waals surface area (Å²) < 4.78 is 3.87. The fraction of sp³-hybridized carbons (Fsp3) is 0. The number of nitrogens with zero attached hydrogens (tertiary/aromatic N) is 2. The molecule has 9 rings (SSSR count). The van der Waals surface area contributed by atoms with Crippen molar-refractivity contribution in [1.29, 1.82) is 0 Å². The second-order valence-corrected chi connectivity index (χ2v) is 12.9. The van der Waals surface area contributed by atoms with E-state index in [1.165, 1.54) is 57.5 Å². The van der Waals surface area contributed by atoms with E-state index in [1.807, 2.05) is 11.3 Å². The van der Waals surface area contributed by atoms with Crippen LogP contribution < -0.4 is 4.90 Å². The Hall–Kier alpha value is -5.03. The minimum Gasteiger partial charge on any atom is -0.295 e. The Morgan fingerprint density at radius 1 is 0.442 bits per heavy atom. The highest BCUT2D eigenvalue weighted by molar-refractivity contribution is 7.26. The Morgan fingerprint density at radius 2 is 1.14 bits per heavy atom. The van der Waals surface area contributed by atoms with Gasteiger partial charge in [-0.25, -0.2) is 4.98 Å². The van der Waals surface area contributed by atoms with E-state index in [-0.39, 0.29) is 0 Å². The van der Waals surface area contributed by atoms with E-state index in [1.54, 1.807) is 11.3 Å². The van der Waals surface area contributed by atoms with Crippen LogP contribution in [0.4, 0.5) is 17.2 Å². The molecule has 0 fully saturated rings. The molecule has 2 nitrogen and oxygen atoms in total. The van der Waals surface area contributed by atoms with Crippen molar-refractivity contribution in [3.63, 3.8) is 0 Å². The highest BCUT2D eigenvalue weighted by Crippen LogP contribution is 2.43. The van der Waals surface area contributed by atoms with E-state index >= 15 is 0 Å². The van der Waals surface area contributed by atoms with Crippen molar-refractivity contribution in [3.05, 3.63) is 146 Å². The summed E-state index contributed by atoms with van der Waals surface area (Å²) >= 11 is 3.61. The fourth-order valence-electron chi connectivity index (χ4n) is 6.24. The number of aromatic nitrogens is 1. The highest BCUT2D eigenvalue weighted by atomic mass is 32.1. The maximum Gasteiger partial charge on any atom is 0.139 e. The monoisotopic (exact) mass is 584 g/mol. The second kappa shape index (κ2) is 9.77. The highest BCUT2D eigenvalue weighted by Gasteiger charge is 2.18. The first-order valence-corrected chi connectivity index (χ1v) is 16.0. The van der Waals surface area contributed by atoms with E-state index in [0.29, 0.717) is 0 Å². The molecular weight excluding hydrogens is 561 g/mol. The van der Waals surface area contributed by atoms with E-state index in [4.69, 9.17) is 4.98 Å². The molecule has 0 amide bonds. The van der Waals surface area contributed by atoms with Gasteiger partial charge in [-0.3, -0.25) is 4.90 Å². The van der Waals surface area contributed by atoms with Crippen LogP contribution in [0.1, 0.15) is 0 Å². The summed E-state index contributed by atoms with van der Waals surface area (Å²) in [7, 11) is 0. The Morgan fingerprint density at radius 3 is 2.02 bits per heavy atom. The lowest BCUT2D eigenvalue weighted by Gasteiger charge is -2.25. The Bertz CT molecular complexity index is 2450. The summed E-state index contributed by atoms with van der Waals surface area (Å²) in [5.74, 6) is 0.912. The topological polar surface area (TPSA) is 16.1 Å². The third kappa shape index (κ3) is 4.03. The molecule has 0 aliphatic heterocycles. The van der Waals surface area contributed by atoms with Crippen molar-refractivity contribution < 1.29 is 0 Å². The van der Waals surface area contributed by atoms with E-state index in [0.717, 1.165) is 22.0 Å². The van der Waals surface area contributed by atoms with Gasteiger partial charge in [-0.05, 0) is 76.5 Å². The van der Waals surface area contributed by atoms with Gasteiger partial charge in [-0.1, -0.05) is 91.0 Å². The van der Waals surface area contributed by atoms with Crippen molar-refractivity contribution in [2.45, 2.75) is 0 Å².